The van der Waals surface area contributed by atoms with E-state index in [0.717, 1.165) is 44.0 Å². The first-order chi connectivity index (χ1) is 15.2. The largest absolute Gasteiger partial charge is 0.367 e. The minimum Gasteiger partial charge on any atom is -0.367 e. The Morgan fingerprint density at radius 1 is 1.03 bits per heavy atom. The normalized spacial score (nSPS) is 18.6. The van der Waals surface area contributed by atoms with Gasteiger partial charge in [-0.15, -0.1) is 0 Å². The summed E-state index contributed by atoms with van der Waals surface area (Å²) < 4.78 is 0. The molecule has 1 aliphatic heterocycles. The van der Waals surface area contributed by atoms with Crippen molar-refractivity contribution in [3.05, 3.63) is 53.7 Å². The molecule has 2 fully saturated rings. The van der Waals surface area contributed by atoms with Gasteiger partial charge in [0.1, 0.15) is 5.82 Å². The van der Waals surface area contributed by atoms with Gasteiger partial charge in [0.2, 0.25) is 5.91 Å². The van der Waals surface area contributed by atoms with Gasteiger partial charge in [-0.1, -0.05) is 43.5 Å². The lowest BCUT2D eigenvalue weighted by Gasteiger charge is -2.33. The molecule has 2 aromatic rings. The van der Waals surface area contributed by atoms with Crippen molar-refractivity contribution in [3.8, 4) is 0 Å². The summed E-state index contributed by atoms with van der Waals surface area (Å²) in [5, 5.41) is 6.78. The number of likely N-dealkylation sites (tertiary alicyclic amines) is 1. The summed E-state index contributed by atoms with van der Waals surface area (Å²) in [6.45, 7) is 5.04. The molecule has 2 heterocycles. The number of amides is 1. The highest BCUT2D eigenvalue weighted by atomic mass is 16.1. The van der Waals surface area contributed by atoms with Gasteiger partial charge in [0.05, 0.1) is 0 Å². The maximum atomic E-state index is 12.6. The molecule has 5 nitrogen and oxygen atoms in total. The highest BCUT2D eigenvalue weighted by molar-refractivity contribution is 5.91. The number of anilines is 2. The standard InChI is InChI=1S/C26H36N4O/c1-20-11-12-25(27-18-20)28-23-13-15-30(16-14-23)19-22-9-5-6-10-24(22)29-26(31)17-21-7-3-2-4-8-21/h5-6,9-12,18,21,23H,2-4,7-8,13-17,19H2,1H3,(H,27,28)(H,29,31). The van der Waals surface area contributed by atoms with Crippen LogP contribution in [0.4, 0.5) is 11.5 Å². The Kier molecular flexibility index (Phi) is 7.57. The van der Waals surface area contributed by atoms with Gasteiger partial charge in [0.25, 0.3) is 0 Å². The maximum absolute atomic E-state index is 12.6. The zero-order valence-electron chi connectivity index (χ0n) is 18.8. The highest BCUT2D eigenvalue weighted by Gasteiger charge is 2.21. The number of carbonyl (C=O) groups is 1. The number of nitrogens with zero attached hydrogens (tertiary/aromatic N) is 2. The molecule has 1 aromatic heterocycles. The number of para-hydroxylation sites is 1. The summed E-state index contributed by atoms with van der Waals surface area (Å²) in [7, 11) is 0. The molecule has 31 heavy (non-hydrogen) atoms. The van der Waals surface area contributed by atoms with Crippen LogP contribution in [0.5, 0.6) is 0 Å². The monoisotopic (exact) mass is 420 g/mol. The summed E-state index contributed by atoms with van der Waals surface area (Å²) in [4.78, 5) is 19.6. The fourth-order valence-electron chi connectivity index (χ4n) is 4.87. The molecule has 5 heteroatoms. The molecular formula is C26H36N4O. The van der Waals surface area contributed by atoms with Gasteiger partial charge in [-0.05, 0) is 61.8 Å². The number of hydrogen-bond donors (Lipinski definition) is 2. The summed E-state index contributed by atoms with van der Waals surface area (Å²) in [5.41, 5.74) is 3.38. The van der Waals surface area contributed by atoms with Crippen LogP contribution in [0, 0.1) is 12.8 Å². The number of nitrogens with one attached hydrogen (secondary N) is 2. The molecule has 2 aliphatic rings. The van der Waals surface area contributed by atoms with Crippen LogP contribution in [0.2, 0.25) is 0 Å². The number of aryl methyl sites for hydroxylation is 1. The van der Waals surface area contributed by atoms with Crippen molar-refractivity contribution >= 4 is 17.4 Å². The minimum atomic E-state index is 0.174. The van der Waals surface area contributed by atoms with Crippen molar-refractivity contribution in [1.29, 1.82) is 0 Å². The number of aromatic nitrogens is 1. The third-order valence-corrected chi connectivity index (χ3v) is 6.74. The second-order valence-corrected chi connectivity index (χ2v) is 9.33. The fraction of sp³-hybridized carbons (Fsp3) is 0.538. The third-order valence-electron chi connectivity index (χ3n) is 6.74. The van der Waals surface area contributed by atoms with E-state index < -0.39 is 0 Å². The average molecular weight is 421 g/mol. The summed E-state index contributed by atoms with van der Waals surface area (Å²) in [6, 6.07) is 12.9. The zero-order chi connectivity index (χ0) is 21.5. The summed E-state index contributed by atoms with van der Waals surface area (Å²) in [5.74, 6) is 1.71. The number of rotatable bonds is 7. The average Bonchev–Trinajstić information content (AvgIpc) is 2.79. The van der Waals surface area contributed by atoms with Crippen molar-refractivity contribution in [2.24, 2.45) is 5.92 Å². The molecule has 0 radical (unpaired) electrons. The lowest BCUT2D eigenvalue weighted by molar-refractivity contribution is -0.117. The molecule has 166 valence electrons. The predicted octanol–water partition coefficient (Wildman–Crippen LogP) is 5.38. The molecule has 1 amide bonds. The SMILES string of the molecule is Cc1ccc(NC2CCN(Cc3ccccc3NC(=O)CC3CCCCC3)CC2)nc1. The molecule has 0 spiro atoms. The molecule has 1 aromatic carbocycles. The molecule has 4 rings (SSSR count). The molecule has 2 N–H and O–H groups in total. The minimum absolute atomic E-state index is 0.174. The molecule has 0 unspecified atom stereocenters. The quantitative estimate of drug-likeness (QED) is 0.632. The molecule has 0 bridgehead atoms. The van der Waals surface area contributed by atoms with Crippen LogP contribution in [0.3, 0.4) is 0 Å². The van der Waals surface area contributed by atoms with E-state index in [1.54, 1.807) is 0 Å². The number of hydrogen-bond acceptors (Lipinski definition) is 4. The van der Waals surface area contributed by atoms with E-state index in [0.29, 0.717) is 18.4 Å². The van der Waals surface area contributed by atoms with E-state index in [4.69, 9.17) is 0 Å². The van der Waals surface area contributed by atoms with Crippen molar-refractivity contribution < 1.29 is 4.79 Å². The van der Waals surface area contributed by atoms with Crippen LogP contribution in [0.15, 0.2) is 42.6 Å². The van der Waals surface area contributed by atoms with Gasteiger partial charge in [0, 0.05) is 44.0 Å². The second kappa shape index (κ2) is 10.8. The first-order valence-electron chi connectivity index (χ1n) is 11.9. The number of carbonyl (C=O) groups excluding carboxylic acids is 1. The molecule has 0 atom stereocenters. The highest BCUT2D eigenvalue weighted by Crippen LogP contribution is 2.27. The molecular weight excluding hydrogens is 384 g/mol. The smallest absolute Gasteiger partial charge is 0.224 e. The fourth-order valence-corrected chi connectivity index (χ4v) is 4.87. The van der Waals surface area contributed by atoms with Crippen molar-refractivity contribution in [3.63, 3.8) is 0 Å². The summed E-state index contributed by atoms with van der Waals surface area (Å²) >= 11 is 0. The van der Waals surface area contributed by atoms with E-state index >= 15 is 0 Å². The van der Waals surface area contributed by atoms with Crippen LogP contribution in [-0.4, -0.2) is 34.9 Å². The Hall–Kier alpha value is -2.40. The second-order valence-electron chi connectivity index (χ2n) is 9.33. The Morgan fingerprint density at radius 3 is 2.55 bits per heavy atom. The number of pyridine rings is 1. The number of piperidine rings is 1. The van der Waals surface area contributed by atoms with Gasteiger partial charge < -0.3 is 10.6 Å². The Bertz CT molecular complexity index is 837. The van der Waals surface area contributed by atoms with Gasteiger partial charge in [-0.2, -0.15) is 0 Å². The van der Waals surface area contributed by atoms with Crippen molar-refractivity contribution in [2.75, 3.05) is 23.7 Å². The van der Waals surface area contributed by atoms with Crippen LogP contribution >= 0.6 is 0 Å². The van der Waals surface area contributed by atoms with E-state index in [-0.39, 0.29) is 5.91 Å². The van der Waals surface area contributed by atoms with Crippen LogP contribution in [0.1, 0.15) is 62.5 Å². The van der Waals surface area contributed by atoms with Gasteiger partial charge >= 0.3 is 0 Å². The first-order valence-corrected chi connectivity index (χ1v) is 11.9. The van der Waals surface area contributed by atoms with Gasteiger partial charge in [0.15, 0.2) is 0 Å². The van der Waals surface area contributed by atoms with E-state index in [1.165, 1.54) is 43.2 Å². The third kappa shape index (κ3) is 6.54. The van der Waals surface area contributed by atoms with Crippen molar-refractivity contribution in [2.45, 2.75) is 70.9 Å². The molecule has 1 saturated carbocycles. The Morgan fingerprint density at radius 2 is 1.81 bits per heavy atom. The van der Waals surface area contributed by atoms with E-state index in [2.05, 4.69) is 51.7 Å². The Balaban J connectivity index is 1.27. The topological polar surface area (TPSA) is 57.3 Å². The van der Waals surface area contributed by atoms with Crippen LogP contribution in [-0.2, 0) is 11.3 Å². The lowest BCUT2D eigenvalue weighted by atomic mass is 9.87. The number of benzene rings is 1. The predicted molar refractivity (Wildman–Crippen MR) is 127 cm³/mol. The summed E-state index contributed by atoms with van der Waals surface area (Å²) in [6.07, 6.45) is 11.1. The maximum Gasteiger partial charge on any atom is 0.224 e. The molecule has 1 saturated heterocycles. The first kappa shape index (κ1) is 21.8. The Labute approximate surface area is 186 Å². The van der Waals surface area contributed by atoms with Crippen LogP contribution in [0.25, 0.3) is 0 Å². The molecule has 1 aliphatic carbocycles. The zero-order valence-corrected chi connectivity index (χ0v) is 18.8. The van der Waals surface area contributed by atoms with Gasteiger partial charge in [-0.25, -0.2) is 4.98 Å². The van der Waals surface area contributed by atoms with E-state index in [9.17, 15) is 4.79 Å². The van der Waals surface area contributed by atoms with Crippen molar-refractivity contribution in [1.82, 2.24) is 9.88 Å². The van der Waals surface area contributed by atoms with Crippen LogP contribution < -0.4 is 10.6 Å². The lowest BCUT2D eigenvalue weighted by Crippen LogP contribution is -2.39. The van der Waals surface area contributed by atoms with E-state index in [1.807, 2.05) is 18.3 Å². The van der Waals surface area contributed by atoms with Gasteiger partial charge in [-0.3, -0.25) is 9.69 Å².